The molecule has 2 aliphatic rings. The number of likely N-dealkylation sites (tertiary alicyclic amines) is 1. The van der Waals surface area contributed by atoms with Crippen LogP contribution in [0, 0.1) is 5.92 Å². The quantitative estimate of drug-likeness (QED) is 0.759. The van der Waals surface area contributed by atoms with Crippen molar-refractivity contribution in [3.05, 3.63) is 53.6 Å². The van der Waals surface area contributed by atoms with E-state index in [0.29, 0.717) is 24.7 Å². The van der Waals surface area contributed by atoms with Crippen LogP contribution in [0.2, 0.25) is 0 Å². The van der Waals surface area contributed by atoms with Gasteiger partial charge in [0, 0.05) is 25.6 Å². The van der Waals surface area contributed by atoms with Crippen molar-refractivity contribution >= 4 is 10.0 Å². The van der Waals surface area contributed by atoms with Gasteiger partial charge in [-0.05, 0) is 55.1 Å². The average Bonchev–Trinajstić information content (AvgIpc) is 3.00. The molecule has 0 aromatic heterocycles. The summed E-state index contributed by atoms with van der Waals surface area (Å²) in [6.07, 6.45) is 3.31. The van der Waals surface area contributed by atoms with Gasteiger partial charge in [0.2, 0.25) is 10.0 Å². The molecule has 2 aromatic carbocycles. The van der Waals surface area contributed by atoms with Gasteiger partial charge in [0.15, 0.2) is 11.5 Å². The first kappa shape index (κ1) is 21.2. The Labute approximate surface area is 179 Å². The Morgan fingerprint density at radius 3 is 2.37 bits per heavy atom. The van der Waals surface area contributed by atoms with Gasteiger partial charge in [0.25, 0.3) is 0 Å². The lowest BCUT2D eigenvalue weighted by Crippen LogP contribution is -2.32. The van der Waals surface area contributed by atoms with Gasteiger partial charge < -0.3 is 9.47 Å². The van der Waals surface area contributed by atoms with Crippen LogP contribution in [0.4, 0.5) is 0 Å². The number of sulfonamides is 1. The van der Waals surface area contributed by atoms with Gasteiger partial charge in [0.05, 0.1) is 18.1 Å². The normalized spacial score (nSPS) is 18.2. The number of rotatable bonds is 6. The second-order valence-electron chi connectivity index (χ2n) is 8.26. The fourth-order valence-corrected chi connectivity index (χ4v) is 4.85. The van der Waals surface area contributed by atoms with Crippen LogP contribution in [0.5, 0.6) is 11.5 Å². The first-order valence-electron chi connectivity index (χ1n) is 10.7. The Kier molecular flexibility index (Phi) is 6.61. The number of ether oxygens (including phenoxy) is 2. The largest absolute Gasteiger partial charge is 0.490 e. The van der Waals surface area contributed by atoms with Crippen molar-refractivity contribution in [1.82, 2.24) is 9.62 Å². The summed E-state index contributed by atoms with van der Waals surface area (Å²) in [7, 11) is -3.64. The minimum absolute atomic E-state index is 0.183. The Morgan fingerprint density at radius 2 is 1.63 bits per heavy atom. The molecular formula is C23H30N2O4S. The van der Waals surface area contributed by atoms with Gasteiger partial charge in [-0.2, -0.15) is 0 Å². The first-order valence-corrected chi connectivity index (χ1v) is 12.2. The van der Waals surface area contributed by atoms with Crippen molar-refractivity contribution < 1.29 is 17.9 Å². The van der Waals surface area contributed by atoms with E-state index >= 15 is 0 Å². The van der Waals surface area contributed by atoms with E-state index in [0.717, 1.165) is 37.5 Å². The molecule has 1 fully saturated rings. The van der Waals surface area contributed by atoms with Gasteiger partial charge in [-0.3, -0.25) is 4.90 Å². The molecule has 0 aliphatic carbocycles. The number of nitrogens with zero attached hydrogens (tertiary/aromatic N) is 1. The molecule has 7 heteroatoms. The summed E-state index contributed by atoms with van der Waals surface area (Å²) in [5, 5.41) is 0. The van der Waals surface area contributed by atoms with Gasteiger partial charge in [-0.25, -0.2) is 13.1 Å². The number of fused-ring (bicyclic) bond motifs is 1. The van der Waals surface area contributed by atoms with Crippen LogP contribution >= 0.6 is 0 Å². The summed E-state index contributed by atoms with van der Waals surface area (Å²) < 4.78 is 39.3. The third kappa shape index (κ3) is 5.33. The molecule has 2 aromatic rings. The fourth-order valence-electron chi connectivity index (χ4n) is 3.81. The fraction of sp³-hybridized carbons (Fsp3) is 0.478. The number of benzene rings is 2. The highest BCUT2D eigenvalue weighted by Crippen LogP contribution is 2.31. The number of piperidine rings is 1. The third-order valence-corrected chi connectivity index (χ3v) is 7.20. The average molecular weight is 431 g/mol. The van der Waals surface area contributed by atoms with Crippen molar-refractivity contribution in [2.45, 2.75) is 44.2 Å². The van der Waals surface area contributed by atoms with Crippen LogP contribution < -0.4 is 14.2 Å². The molecule has 6 nitrogen and oxygen atoms in total. The second kappa shape index (κ2) is 9.37. The maximum atomic E-state index is 12.7. The summed E-state index contributed by atoms with van der Waals surface area (Å²) >= 11 is 0. The number of hydrogen-bond donors (Lipinski definition) is 1. The first-order chi connectivity index (χ1) is 14.5. The molecule has 30 heavy (non-hydrogen) atoms. The molecule has 0 radical (unpaired) electrons. The Balaban J connectivity index is 1.35. The lowest BCUT2D eigenvalue weighted by Gasteiger charge is -2.30. The Bertz CT molecular complexity index is 952. The molecule has 0 saturated carbocycles. The van der Waals surface area contributed by atoms with E-state index in [1.54, 1.807) is 12.1 Å². The molecule has 0 bridgehead atoms. The van der Waals surface area contributed by atoms with Crippen LogP contribution in [-0.4, -0.2) is 39.6 Å². The molecule has 0 atom stereocenters. The van der Waals surface area contributed by atoms with Crippen molar-refractivity contribution in [3.63, 3.8) is 0 Å². The van der Waals surface area contributed by atoms with Crippen LogP contribution in [0.25, 0.3) is 0 Å². The lowest BCUT2D eigenvalue weighted by molar-refractivity contribution is 0.185. The van der Waals surface area contributed by atoms with Crippen LogP contribution in [-0.2, 0) is 23.1 Å². The highest BCUT2D eigenvalue weighted by molar-refractivity contribution is 7.89. The molecule has 0 amide bonds. The van der Waals surface area contributed by atoms with E-state index < -0.39 is 10.0 Å². The monoisotopic (exact) mass is 430 g/mol. The standard InChI is InChI=1S/C23H30N2O4S/c1-18-9-11-25(12-10-18)17-20-5-3-19(4-6-20)16-24-30(26,27)21-7-8-22-23(15-21)29-14-2-13-28-22/h3-8,15,18,24H,2,9-14,16-17H2,1H3. The maximum Gasteiger partial charge on any atom is 0.241 e. The lowest BCUT2D eigenvalue weighted by atomic mass is 9.99. The molecule has 1 N–H and O–H groups in total. The molecular weight excluding hydrogens is 400 g/mol. The van der Waals surface area contributed by atoms with Crippen molar-refractivity contribution in [3.8, 4) is 11.5 Å². The van der Waals surface area contributed by atoms with E-state index in [1.807, 2.05) is 12.1 Å². The minimum atomic E-state index is -3.64. The van der Waals surface area contributed by atoms with Gasteiger partial charge in [0.1, 0.15) is 0 Å². The zero-order valence-corrected chi connectivity index (χ0v) is 18.3. The van der Waals surface area contributed by atoms with Gasteiger partial charge in [-0.1, -0.05) is 31.2 Å². The summed E-state index contributed by atoms with van der Waals surface area (Å²) in [6.45, 7) is 6.92. The van der Waals surface area contributed by atoms with Crippen LogP contribution in [0.15, 0.2) is 47.4 Å². The van der Waals surface area contributed by atoms with Crippen LogP contribution in [0.1, 0.15) is 37.3 Å². The molecule has 1 saturated heterocycles. The summed E-state index contributed by atoms with van der Waals surface area (Å²) in [5.41, 5.74) is 2.20. The van der Waals surface area contributed by atoms with Crippen molar-refractivity contribution in [2.24, 2.45) is 5.92 Å². The van der Waals surface area contributed by atoms with Gasteiger partial charge in [-0.15, -0.1) is 0 Å². The smallest absolute Gasteiger partial charge is 0.241 e. The third-order valence-electron chi connectivity index (χ3n) is 5.80. The zero-order valence-electron chi connectivity index (χ0n) is 17.5. The highest BCUT2D eigenvalue weighted by Gasteiger charge is 2.19. The Hall–Kier alpha value is -2.09. The Morgan fingerprint density at radius 1 is 0.967 bits per heavy atom. The minimum Gasteiger partial charge on any atom is -0.490 e. The van der Waals surface area contributed by atoms with E-state index in [4.69, 9.17) is 9.47 Å². The predicted molar refractivity (Wildman–Crippen MR) is 116 cm³/mol. The maximum absolute atomic E-state index is 12.7. The van der Waals surface area contributed by atoms with E-state index in [1.165, 1.54) is 24.5 Å². The molecule has 4 rings (SSSR count). The second-order valence-corrected chi connectivity index (χ2v) is 10.0. The van der Waals surface area contributed by atoms with Gasteiger partial charge >= 0.3 is 0 Å². The van der Waals surface area contributed by atoms with E-state index in [2.05, 4.69) is 28.7 Å². The molecule has 2 heterocycles. The summed E-state index contributed by atoms with van der Waals surface area (Å²) in [6, 6.07) is 12.9. The van der Waals surface area contributed by atoms with Crippen molar-refractivity contribution in [1.29, 1.82) is 0 Å². The van der Waals surface area contributed by atoms with E-state index in [-0.39, 0.29) is 11.4 Å². The SMILES string of the molecule is CC1CCN(Cc2ccc(CNS(=O)(=O)c3ccc4c(c3)OCCCO4)cc2)CC1. The highest BCUT2D eigenvalue weighted by atomic mass is 32.2. The molecule has 2 aliphatic heterocycles. The number of nitrogens with one attached hydrogen (secondary N) is 1. The van der Waals surface area contributed by atoms with Crippen molar-refractivity contribution in [2.75, 3.05) is 26.3 Å². The summed E-state index contributed by atoms with van der Waals surface area (Å²) in [5.74, 6) is 1.90. The molecule has 0 unspecified atom stereocenters. The molecule has 0 spiro atoms. The topological polar surface area (TPSA) is 67.9 Å². The summed E-state index contributed by atoms with van der Waals surface area (Å²) in [4.78, 5) is 2.67. The number of hydrogen-bond acceptors (Lipinski definition) is 5. The zero-order chi connectivity index (χ0) is 21.0. The van der Waals surface area contributed by atoms with E-state index in [9.17, 15) is 8.42 Å². The van der Waals surface area contributed by atoms with Crippen LogP contribution in [0.3, 0.4) is 0 Å². The molecule has 162 valence electrons. The predicted octanol–water partition coefficient (Wildman–Crippen LogP) is 3.56.